The number of ketones is 1. The molecule has 0 radical (unpaired) electrons. The molecule has 2 aromatic carbocycles. The Hall–Kier alpha value is -2.13. The van der Waals surface area contributed by atoms with E-state index in [0.717, 1.165) is 5.56 Å². The molecule has 0 amide bonds. The minimum Gasteiger partial charge on any atom is -0.478 e. The second-order valence-electron chi connectivity index (χ2n) is 4.17. The van der Waals surface area contributed by atoms with E-state index >= 15 is 0 Å². The number of rotatable bonds is 3. The van der Waals surface area contributed by atoms with Gasteiger partial charge in [-0.15, -0.1) is 0 Å². The Bertz CT molecular complexity index is 645. The normalized spacial score (nSPS) is 10.2. The molecule has 0 saturated heterocycles. The van der Waals surface area contributed by atoms with E-state index in [1.807, 2.05) is 0 Å². The van der Waals surface area contributed by atoms with Gasteiger partial charge in [-0.2, -0.15) is 0 Å². The van der Waals surface area contributed by atoms with Gasteiger partial charge in [-0.05, 0) is 36.2 Å². The average molecular weight is 275 g/mol. The van der Waals surface area contributed by atoms with E-state index in [2.05, 4.69) is 0 Å². The minimum absolute atomic E-state index is 0.0103. The fourth-order valence-corrected chi connectivity index (χ4v) is 2.01. The first-order chi connectivity index (χ1) is 8.97. The lowest BCUT2D eigenvalue weighted by atomic mass is 10.0. The largest absolute Gasteiger partial charge is 0.478 e. The van der Waals surface area contributed by atoms with Crippen LogP contribution in [-0.4, -0.2) is 16.9 Å². The van der Waals surface area contributed by atoms with E-state index in [4.69, 9.17) is 16.7 Å². The lowest BCUT2D eigenvalue weighted by Crippen LogP contribution is -1.96. The van der Waals surface area contributed by atoms with Crippen LogP contribution in [0, 0.1) is 0 Å². The summed E-state index contributed by atoms with van der Waals surface area (Å²) in [5.74, 6) is -1.03. The maximum atomic E-state index is 11.2. The van der Waals surface area contributed by atoms with Crippen molar-refractivity contribution in [3.63, 3.8) is 0 Å². The molecule has 2 aromatic rings. The third-order valence-electron chi connectivity index (χ3n) is 2.77. The number of carboxylic acids is 1. The minimum atomic E-state index is -1.02. The molecule has 3 nitrogen and oxygen atoms in total. The molecule has 96 valence electrons. The highest BCUT2D eigenvalue weighted by atomic mass is 35.5. The van der Waals surface area contributed by atoms with Gasteiger partial charge in [0.1, 0.15) is 0 Å². The molecule has 2 rings (SSSR count). The molecule has 0 bridgehead atoms. The Morgan fingerprint density at radius 2 is 1.58 bits per heavy atom. The summed E-state index contributed by atoms with van der Waals surface area (Å²) in [6, 6.07) is 11.6. The molecule has 0 aliphatic rings. The number of hydrogen-bond donors (Lipinski definition) is 1. The Labute approximate surface area is 115 Å². The van der Waals surface area contributed by atoms with Crippen molar-refractivity contribution in [1.82, 2.24) is 0 Å². The van der Waals surface area contributed by atoms with Crippen molar-refractivity contribution >= 4 is 23.4 Å². The summed E-state index contributed by atoms with van der Waals surface area (Å²) in [7, 11) is 0. The van der Waals surface area contributed by atoms with Crippen molar-refractivity contribution in [3.05, 3.63) is 58.6 Å². The number of carbonyl (C=O) groups is 2. The Kier molecular flexibility index (Phi) is 3.67. The summed E-state index contributed by atoms with van der Waals surface area (Å²) in [5.41, 5.74) is 2.28. The third kappa shape index (κ3) is 3.01. The molecule has 0 aliphatic heterocycles. The summed E-state index contributed by atoms with van der Waals surface area (Å²) in [6.45, 7) is 1.50. The quantitative estimate of drug-likeness (QED) is 0.864. The highest BCUT2D eigenvalue weighted by Crippen LogP contribution is 2.25. The third-order valence-corrected chi connectivity index (χ3v) is 2.99. The van der Waals surface area contributed by atoms with E-state index in [-0.39, 0.29) is 11.3 Å². The molecule has 1 N–H and O–H groups in total. The number of hydrogen-bond acceptors (Lipinski definition) is 2. The van der Waals surface area contributed by atoms with Crippen LogP contribution in [0.15, 0.2) is 42.5 Å². The highest BCUT2D eigenvalue weighted by molar-refractivity contribution is 6.31. The average Bonchev–Trinajstić information content (AvgIpc) is 2.38. The molecule has 0 fully saturated rings. The van der Waals surface area contributed by atoms with Gasteiger partial charge in [0, 0.05) is 10.6 Å². The lowest BCUT2D eigenvalue weighted by molar-refractivity contribution is 0.0696. The van der Waals surface area contributed by atoms with Gasteiger partial charge in [0.15, 0.2) is 5.78 Å². The van der Waals surface area contributed by atoms with Gasteiger partial charge in [0.05, 0.1) is 5.56 Å². The van der Waals surface area contributed by atoms with Gasteiger partial charge in [0.25, 0.3) is 0 Å². The van der Waals surface area contributed by atoms with Gasteiger partial charge in [-0.1, -0.05) is 35.9 Å². The number of Topliss-reactive ketones (excluding diaryl/α,β-unsaturated/α-hetero) is 1. The SMILES string of the molecule is CC(=O)c1ccc(-c2cc(Cl)cc(C(=O)O)c2)cc1. The Morgan fingerprint density at radius 3 is 2.11 bits per heavy atom. The second kappa shape index (κ2) is 5.24. The fourth-order valence-electron chi connectivity index (χ4n) is 1.78. The first-order valence-corrected chi connectivity index (χ1v) is 6.00. The van der Waals surface area contributed by atoms with Gasteiger partial charge in [0.2, 0.25) is 0 Å². The Morgan fingerprint density at radius 1 is 0.947 bits per heavy atom. The summed E-state index contributed by atoms with van der Waals surface area (Å²) < 4.78 is 0. The zero-order valence-electron chi connectivity index (χ0n) is 10.2. The Balaban J connectivity index is 2.46. The van der Waals surface area contributed by atoms with Crippen molar-refractivity contribution < 1.29 is 14.7 Å². The number of aromatic carboxylic acids is 1. The van der Waals surface area contributed by atoms with Gasteiger partial charge >= 0.3 is 5.97 Å². The van der Waals surface area contributed by atoms with Crippen molar-refractivity contribution in [2.24, 2.45) is 0 Å². The summed E-state index contributed by atoms with van der Waals surface area (Å²) in [5, 5.41) is 9.36. The van der Waals surface area contributed by atoms with Crippen molar-refractivity contribution in [2.45, 2.75) is 6.92 Å². The maximum absolute atomic E-state index is 11.2. The standard InChI is InChI=1S/C15H11ClO3/c1-9(17)10-2-4-11(5-3-10)12-6-13(15(18)19)8-14(16)7-12/h2-8H,1H3,(H,18,19). The first kappa shape index (κ1) is 13.3. The van der Waals surface area contributed by atoms with Crippen LogP contribution in [0.5, 0.6) is 0 Å². The lowest BCUT2D eigenvalue weighted by Gasteiger charge is -2.05. The summed E-state index contributed by atoms with van der Waals surface area (Å²) in [6.07, 6.45) is 0. The molecular weight excluding hydrogens is 264 g/mol. The van der Waals surface area contributed by atoms with E-state index < -0.39 is 5.97 Å². The van der Waals surface area contributed by atoms with Crippen LogP contribution in [0.2, 0.25) is 5.02 Å². The van der Waals surface area contributed by atoms with Crippen LogP contribution in [0.3, 0.4) is 0 Å². The molecular formula is C15H11ClO3. The van der Waals surface area contributed by atoms with E-state index in [0.29, 0.717) is 16.1 Å². The zero-order valence-corrected chi connectivity index (χ0v) is 10.9. The summed E-state index contributed by atoms with van der Waals surface area (Å²) >= 11 is 5.91. The maximum Gasteiger partial charge on any atom is 0.335 e. The molecule has 4 heteroatoms. The van der Waals surface area contributed by atoms with Crippen LogP contribution in [0.4, 0.5) is 0 Å². The van der Waals surface area contributed by atoms with E-state index in [1.165, 1.54) is 13.0 Å². The molecule has 0 unspecified atom stereocenters. The zero-order chi connectivity index (χ0) is 14.0. The molecule has 0 aliphatic carbocycles. The topological polar surface area (TPSA) is 54.4 Å². The summed E-state index contributed by atoms with van der Waals surface area (Å²) in [4.78, 5) is 22.2. The molecule has 19 heavy (non-hydrogen) atoms. The van der Waals surface area contributed by atoms with Crippen LogP contribution >= 0.6 is 11.6 Å². The van der Waals surface area contributed by atoms with Crippen molar-refractivity contribution in [1.29, 1.82) is 0 Å². The monoisotopic (exact) mass is 274 g/mol. The van der Waals surface area contributed by atoms with Crippen LogP contribution < -0.4 is 0 Å². The highest BCUT2D eigenvalue weighted by Gasteiger charge is 2.08. The number of carbonyl (C=O) groups excluding carboxylic acids is 1. The number of benzene rings is 2. The van der Waals surface area contributed by atoms with Crippen LogP contribution in [0.25, 0.3) is 11.1 Å². The molecule has 0 heterocycles. The van der Waals surface area contributed by atoms with Crippen LogP contribution in [0.1, 0.15) is 27.6 Å². The molecule has 0 saturated carbocycles. The predicted molar refractivity (Wildman–Crippen MR) is 73.9 cm³/mol. The van der Waals surface area contributed by atoms with Crippen LogP contribution in [-0.2, 0) is 0 Å². The van der Waals surface area contributed by atoms with E-state index in [9.17, 15) is 9.59 Å². The number of halogens is 1. The predicted octanol–water partition coefficient (Wildman–Crippen LogP) is 3.91. The molecule has 0 atom stereocenters. The van der Waals surface area contributed by atoms with Gasteiger partial charge in [-0.25, -0.2) is 4.79 Å². The second-order valence-corrected chi connectivity index (χ2v) is 4.60. The van der Waals surface area contributed by atoms with E-state index in [1.54, 1.807) is 36.4 Å². The van der Waals surface area contributed by atoms with Crippen molar-refractivity contribution in [2.75, 3.05) is 0 Å². The first-order valence-electron chi connectivity index (χ1n) is 5.62. The smallest absolute Gasteiger partial charge is 0.335 e. The molecule has 0 aromatic heterocycles. The van der Waals surface area contributed by atoms with Gasteiger partial charge in [-0.3, -0.25) is 4.79 Å². The fraction of sp³-hybridized carbons (Fsp3) is 0.0667. The van der Waals surface area contributed by atoms with Gasteiger partial charge < -0.3 is 5.11 Å². The number of carboxylic acid groups (broad SMARTS) is 1. The van der Waals surface area contributed by atoms with Crippen molar-refractivity contribution in [3.8, 4) is 11.1 Å². The molecule has 0 spiro atoms.